The Hall–Kier alpha value is -1.10. The molecule has 0 aromatic heterocycles. The van der Waals surface area contributed by atoms with Gasteiger partial charge in [-0.2, -0.15) is 0 Å². The molecule has 0 bridgehead atoms. The van der Waals surface area contributed by atoms with Crippen molar-refractivity contribution in [3.05, 3.63) is 35.4 Å². The highest BCUT2D eigenvalue weighted by Crippen LogP contribution is 2.14. The minimum Gasteiger partial charge on any atom is -0.378 e. The van der Waals surface area contributed by atoms with Gasteiger partial charge >= 0.3 is 0 Å². The first-order valence-electron chi connectivity index (χ1n) is 6.40. The SMILES string of the molecule is CC1CC(NC(=O)c2ccc(CN)cc2)CCO1.Cl. The first-order valence-corrected chi connectivity index (χ1v) is 6.40. The van der Waals surface area contributed by atoms with Crippen molar-refractivity contribution in [2.24, 2.45) is 5.73 Å². The molecule has 1 fully saturated rings. The molecule has 0 spiro atoms. The molecule has 2 rings (SSSR count). The monoisotopic (exact) mass is 284 g/mol. The fourth-order valence-electron chi connectivity index (χ4n) is 2.19. The number of benzene rings is 1. The van der Waals surface area contributed by atoms with E-state index in [2.05, 4.69) is 5.32 Å². The molecule has 2 atom stereocenters. The van der Waals surface area contributed by atoms with Crippen LogP contribution in [0.3, 0.4) is 0 Å². The van der Waals surface area contributed by atoms with Crippen molar-refractivity contribution in [3.8, 4) is 0 Å². The normalized spacial score (nSPS) is 22.4. The summed E-state index contributed by atoms with van der Waals surface area (Å²) in [4.78, 5) is 12.0. The van der Waals surface area contributed by atoms with Gasteiger partial charge in [-0.1, -0.05) is 12.1 Å². The summed E-state index contributed by atoms with van der Waals surface area (Å²) in [6.45, 7) is 3.26. The predicted molar refractivity (Wildman–Crippen MR) is 77.5 cm³/mol. The van der Waals surface area contributed by atoms with Crippen LogP contribution in [0.1, 0.15) is 35.7 Å². The highest BCUT2D eigenvalue weighted by atomic mass is 35.5. The molecule has 1 aromatic carbocycles. The van der Waals surface area contributed by atoms with E-state index in [1.807, 2.05) is 31.2 Å². The first-order chi connectivity index (χ1) is 8.69. The molecule has 1 aliphatic heterocycles. The number of ether oxygens (including phenoxy) is 1. The molecule has 0 saturated carbocycles. The third-order valence-electron chi connectivity index (χ3n) is 3.27. The lowest BCUT2D eigenvalue weighted by Crippen LogP contribution is -2.41. The largest absolute Gasteiger partial charge is 0.378 e. The van der Waals surface area contributed by atoms with E-state index in [-0.39, 0.29) is 30.5 Å². The maximum atomic E-state index is 12.0. The van der Waals surface area contributed by atoms with E-state index in [1.165, 1.54) is 0 Å². The quantitative estimate of drug-likeness (QED) is 0.890. The van der Waals surface area contributed by atoms with E-state index in [0.29, 0.717) is 12.1 Å². The summed E-state index contributed by atoms with van der Waals surface area (Å²) in [6, 6.07) is 7.64. The molecular weight excluding hydrogens is 264 g/mol. The maximum absolute atomic E-state index is 12.0. The number of halogens is 1. The van der Waals surface area contributed by atoms with E-state index in [0.717, 1.165) is 25.0 Å². The van der Waals surface area contributed by atoms with Gasteiger partial charge in [-0.15, -0.1) is 12.4 Å². The van der Waals surface area contributed by atoms with Crippen LogP contribution in [0.2, 0.25) is 0 Å². The van der Waals surface area contributed by atoms with E-state index in [9.17, 15) is 4.79 Å². The van der Waals surface area contributed by atoms with Crippen LogP contribution in [0.15, 0.2) is 24.3 Å². The molecule has 5 heteroatoms. The van der Waals surface area contributed by atoms with E-state index in [1.54, 1.807) is 0 Å². The topological polar surface area (TPSA) is 64.4 Å². The van der Waals surface area contributed by atoms with Crippen LogP contribution in [0.25, 0.3) is 0 Å². The highest BCUT2D eigenvalue weighted by Gasteiger charge is 2.21. The molecular formula is C14H21ClN2O2. The zero-order chi connectivity index (χ0) is 13.0. The summed E-state index contributed by atoms with van der Waals surface area (Å²) < 4.78 is 5.46. The molecule has 1 aliphatic rings. The molecule has 3 N–H and O–H groups in total. The summed E-state index contributed by atoms with van der Waals surface area (Å²) in [5.74, 6) is -0.0160. The van der Waals surface area contributed by atoms with Crippen LogP contribution in [0.5, 0.6) is 0 Å². The van der Waals surface area contributed by atoms with Gasteiger partial charge < -0.3 is 15.8 Å². The Morgan fingerprint density at radius 2 is 2.11 bits per heavy atom. The average molecular weight is 285 g/mol. The minimum absolute atomic E-state index is 0. The summed E-state index contributed by atoms with van der Waals surface area (Å²) >= 11 is 0. The van der Waals surface area contributed by atoms with Gasteiger partial charge in [0, 0.05) is 24.8 Å². The van der Waals surface area contributed by atoms with Gasteiger partial charge in [0.25, 0.3) is 5.91 Å². The Kier molecular flexibility index (Phi) is 6.28. The van der Waals surface area contributed by atoms with Gasteiger partial charge in [-0.25, -0.2) is 0 Å². The Morgan fingerprint density at radius 3 is 2.68 bits per heavy atom. The Morgan fingerprint density at radius 1 is 1.42 bits per heavy atom. The van der Waals surface area contributed by atoms with E-state index >= 15 is 0 Å². The van der Waals surface area contributed by atoms with E-state index < -0.39 is 0 Å². The Balaban J connectivity index is 0.00000180. The first kappa shape index (κ1) is 16.0. The number of hydrogen-bond donors (Lipinski definition) is 2. The minimum atomic E-state index is -0.0160. The molecule has 106 valence electrons. The highest BCUT2D eigenvalue weighted by molar-refractivity contribution is 5.94. The molecule has 0 radical (unpaired) electrons. The van der Waals surface area contributed by atoms with Crippen molar-refractivity contribution < 1.29 is 9.53 Å². The summed E-state index contributed by atoms with van der Waals surface area (Å²) in [5.41, 5.74) is 7.25. The number of hydrogen-bond acceptors (Lipinski definition) is 3. The van der Waals surface area contributed by atoms with Gasteiger partial charge in [0.15, 0.2) is 0 Å². The van der Waals surface area contributed by atoms with Crippen molar-refractivity contribution in [2.45, 2.75) is 38.5 Å². The van der Waals surface area contributed by atoms with Crippen molar-refractivity contribution in [3.63, 3.8) is 0 Å². The second-order valence-electron chi connectivity index (χ2n) is 4.78. The van der Waals surface area contributed by atoms with Gasteiger partial charge in [0.2, 0.25) is 0 Å². The second-order valence-corrected chi connectivity index (χ2v) is 4.78. The van der Waals surface area contributed by atoms with E-state index in [4.69, 9.17) is 10.5 Å². The van der Waals surface area contributed by atoms with Crippen LogP contribution < -0.4 is 11.1 Å². The molecule has 2 unspecified atom stereocenters. The van der Waals surface area contributed by atoms with Crippen molar-refractivity contribution >= 4 is 18.3 Å². The third-order valence-corrected chi connectivity index (χ3v) is 3.27. The van der Waals surface area contributed by atoms with Crippen LogP contribution in [-0.2, 0) is 11.3 Å². The summed E-state index contributed by atoms with van der Waals surface area (Å²) in [5, 5.41) is 3.05. The number of carbonyl (C=O) groups excluding carboxylic acids is 1. The summed E-state index contributed by atoms with van der Waals surface area (Å²) in [7, 11) is 0. The van der Waals surface area contributed by atoms with Crippen LogP contribution >= 0.6 is 12.4 Å². The number of carbonyl (C=O) groups is 1. The number of rotatable bonds is 3. The maximum Gasteiger partial charge on any atom is 0.251 e. The molecule has 4 nitrogen and oxygen atoms in total. The van der Waals surface area contributed by atoms with Gasteiger partial charge in [0.05, 0.1) is 6.10 Å². The fraction of sp³-hybridized carbons (Fsp3) is 0.500. The van der Waals surface area contributed by atoms with Crippen molar-refractivity contribution in [2.75, 3.05) is 6.61 Å². The predicted octanol–water partition coefficient (Wildman–Crippen LogP) is 1.86. The lowest BCUT2D eigenvalue weighted by Gasteiger charge is -2.27. The van der Waals surface area contributed by atoms with Gasteiger partial charge in [0.1, 0.15) is 0 Å². The molecule has 1 aromatic rings. The van der Waals surface area contributed by atoms with Gasteiger partial charge in [-0.3, -0.25) is 4.79 Å². The number of amides is 1. The lowest BCUT2D eigenvalue weighted by atomic mass is 10.0. The molecule has 0 aliphatic carbocycles. The third kappa shape index (κ3) is 4.49. The number of nitrogens with one attached hydrogen (secondary N) is 1. The van der Waals surface area contributed by atoms with Crippen molar-refractivity contribution in [1.29, 1.82) is 0 Å². The van der Waals surface area contributed by atoms with Crippen molar-refractivity contribution in [1.82, 2.24) is 5.32 Å². The molecule has 19 heavy (non-hydrogen) atoms. The molecule has 1 amide bonds. The van der Waals surface area contributed by atoms with Crippen LogP contribution in [-0.4, -0.2) is 24.7 Å². The Bertz CT molecular complexity index is 408. The van der Waals surface area contributed by atoms with Crippen LogP contribution in [0, 0.1) is 0 Å². The van der Waals surface area contributed by atoms with Gasteiger partial charge in [-0.05, 0) is 37.5 Å². The standard InChI is InChI=1S/C14H20N2O2.ClH/c1-10-8-13(6-7-18-10)16-14(17)12-4-2-11(9-15)3-5-12;/h2-5,10,13H,6-9,15H2,1H3,(H,16,17);1H. The number of nitrogens with two attached hydrogens (primary N) is 1. The smallest absolute Gasteiger partial charge is 0.251 e. The second kappa shape index (κ2) is 7.48. The Labute approximate surface area is 120 Å². The zero-order valence-electron chi connectivity index (χ0n) is 11.1. The fourth-order valence-corrected chi connectivity index (χ4v) is 2.19. The zero-order valence-corrected chi connectivity index (χ0v) is 11.9. The molecule has 1 heterocycles. The lowest BCUT2D eigenvalue weighted by molar-refractivity contribution is 0.0136. The van der Waals surface area contributed by atoms with Crippen LogP contribution in [0.4, 0.5) is 0 Å². The molecule has 1 saturated heterocycles. The average Bonchev–Trinajstić information content (AvgIpc) is 2.39. The summed E-state index contributed by atoms with van der Waals surface area (Å²) in [6.07, 6.45) is 1.99.